The summed E-state index contributed by atoms with van der Waals surface area (Å²) < 4.78 is 42.3. The summed E-state index contributed by atoms with van der Waals surface area (Å²) in [6.45, 7) is 6.35. The molecule has 6 heteroatoms. The predicted octanol–water partition coefficient (Wildman–Crippen LogP) is 3.16. The van der Waals surface area contributed by atoms with E-state index in [1.54, 1.807) is 6.07 Å². The topological polar surface area (TPSA) is 34.2 Å². The third kappa shape index (κ3) is 5.46. The molecule has 0 radical (unpaired) electrons. The molecule has 1 unspecified atom stereocenters. The summed E-state index contributed by atoms with van der Waals surface area (Å²) in [5.74, 6) is 0.642. The summed E-state index contributed by atoms with van der Waals surface area (Å²) in [6, 6.07) is 1.66. The Bertz CT molecular complexity index is 394. The number of nitrogens with one attached hydrogen (secondary N) is 1. The normalized spacial score (nSPS) is 13.6. The number of pyridine rings is 1. The lowest BCUT2D eigenvalue weighted by Crippen LogP contribution is -2.31. The Labute approximate surface area is 111 Å². The van der Waals surface area contributed by atoms with Crippen molar-refractivity contribution in [2.24, 2.45) is 5.92 Å². The van der Waals surface area contributed by atoms with Crippen molar-refractivity contribution in [3.8, 4) is 5.75 Å². The maximum Gasteiger partial charge on any atom is 0.425 e. The monoisotopic (exact) mass is 276 g/mol. The highest BCUT2D eigenvalue weighted by molar-refractivity contribution is 5.30. The van der Waals surface area contributed by atoms with Gasteiger partial charge in [0.15, 0.2) is 6.10 Å². The van der Waals surface area contributed by atoms with Gasteiger partial charge < -0.3 is 10.1 Å². The first-order valence-electron chi connectivity index (χ1n) is 6.17. The number of halogens is 3. The maximum atomic E-state index is 12.5. The van der Waals surface area contributed by atoms with Crippen molar-refractivity contribution in [2.45, 2.75) is 39.6 Å². The van der Waals surface area contributed by atoms with Gasteiger partial charge in [0.2, 0.25) is 0 Å². The molecule has 0 aliphatic rings. The zero-order chi connectivity index (χ0) is 14.5. The van der Waals surface area contributed by atoms with Crippen LogP contribution in [0.4, 0.5) is 13.2 Å². The van der Waals surface area contributed by atoms with Gasteiger partial charge in [-0.05, 0) is 25.5 Å². The molecule has 1 atom stereocenters. The Morgan fingerprint density at radius 2 is 2.00 bits per heavy atom. The van der Waals surface area contributed by atoms with Crippen LogP contribution in [0.5, 0.6) is 5.75 Å². The van der Waals surface area contributed by atoms with E-state index in [9.17, 15) is 13.2 Å². The molecular formula is C13H19F3N2O. The standard InChI is InChI=1S/C13H19F3N2O/c1-9(2)6-18-7-11-4-5-17-8-12(11)19-10(3)13(14,15)16/h4-5,8-10,18H,6-7H2,1-3H3. The number of nitrogens with zero attached hydrogens (tertiary/aromatic N) is 1. The second-order valence-corrected chi connectivity index (χ2v) is 4.81. The Morgan fingerprint density at radius 3 is 2.58 bits per heavy atom. The van der Waals surface area contributed by atoms with Crippen molar-refractivity contribution in [1.82, 2.24) is 10.3 Å². The van der Waals surface area contributed by atoms with E-state index in [2.05, 4.69) is 24.1 Å². The fourth-order valence-corrected chi connectivity index (χ4v) is 1.41. The van der Waals surface area contributed by atoms with Crippen molar-refractivity contribution in [2.75, 3.05) is 6.54 Å². The van der Waals surface area contributed by atoms with E-state index in [1.165, 1.54) is 12.4 Å². The smallest absolute Gasteiger partial charge is 0.425 e. The summed E-state index contributed by atoms with van der Waals surface area (Å²) in [5, 5.41) is 3.16. The molecule has 1 rings (SSSR count). The van der Waals surface area contributed by atoms with Gasteiger partial charge in [-0.25, -0.2) is 0 Å². The van der Waals surface area contributed by atoms with Crippen LogP contribution in [0, 0.1) is 5.92 Å². The summed E-state index contributed by atoms with van der Waals surface area (Å²) in [5.41, 5.74) is 0.673. The highest BCUT2D eigenvalue weighted by Crippen LogP contribution is 2.26. The molecule has 0 aliphatic heterocycles. The fourth-order valence-electron chi connectivity index (χ4n) is 1.41. The Balaban J connectivity index is 2.68. The molecule has 1 aromatic heterocycles. The molecule has 0 fully saturated rings. The van der Waals surface area contributed by atoms with Gasteiger partial charge in [0.25, 0.3) is 0 Å². The van der Waals surface area contributed by atoms with Crippen molar-refractivity contribution in [3.63, 3.8) is 0 Å². The minimum atomic E-state index is -4.38. The van der Waals surface area contributed by atoms with Gasteiger partial charge in [0.1, 0.15) is 5.75 Å². The van der Waals surface area contributed by atoms with Gasteiger partial charge in [-0.2, -0.15) is 13.2 Å². The van der Waals surface area contributed by atoms with E-state index in [4.69, 9.17) is 4.74 Å². The molecule has 1 heterocycles. The van der Waals surface area contributed by atoms with Crippen LogP contribution in [0.3, 0.4) is 0 Å². The second kappa shape index (κ2) is 6.75. The molecule has 1 N–H and O–H groups in total. The Morgan fingerprint density at radius 1 is 1.32 bits per heavy atom. The minimum absolute atomic E-state index is 0.170. The quantitative estimate of drug-likeness (QED) is 0.866. The zero-order valence-corrected chi connectivity index (χ0v) is 11.3. The van der Waals surface area contributed by atoms with Crippen molar-refractivity contribution in [1.29, 1.82) is 0 Å². The zero-order valence-electron chi connectivity index (χ0n) is 11.3. The van der Waals surface area contributed by atoms with Gasteiger partial charge in [0, 0.05) is 18.3 Å². The van der Waals surface area contributed by atoms with E-state index < -0.39 is 12.3 Å². The Hall–Kier alpha value is -1.30. The molecule has 0 spiro atoms. The fraction of sp³-hybridized carbons (Fsp3) is 0.615. The van der Waals surface area contributed by atoms with Gasteiger partial charge >= 0.3 is 6.18 Å². The van der Waals surface area contributed by atoms with Crippen molar-refractivity contribution < 1.29 is 17.9 Å². The van der Waals surface area contributed by atoms with Crippen molar-refractivity contribution >= 4 is 0 Å². The number of ether oxygens (including phenoxy) is 1. The van der Waals surface area contributed by atoms with Gasteiger partial charge in [-0.3, -0.25) is 4.98 Å². The summed E-state index contributed by atoms with van der Waals surface area (Å²) in [4.78, 5) is 3.80. The molecular weight excluding hydrogens is 257 g/mol. The molecule has 0 saturated carbocycles. The first-order valence-corrected chi connectivity index (χ1v) is 6.17. The van der Waals surface area contributed by atoms with Crippen LogP contribution in [-0.2, 0) is 6.54 Å². The van der Waals surface area contributed by atoms with E-state index in [0.29, 0.717) is 18.0 Å². The molecule has 3 nitrogen and oxygen atoms in total. The first kappa shape index (κ1) is 15.8. The lowest BCUT2D eigenvalue weighted by atomic mass is 10.2. The number of rotatable bonds is 6. The molecule has 108 valence electrons. The predicted molar refractivity (Wildman–Crippen MR) is 66.9 cm³/mol. The molecule has 0 aliphatic carbocycles. The SMILES string of the molecule is CC(C)CNCc1ccncc1OC(C)C(F)(F)F. The number of alkyl halides is 3. The average molecular weight is 276 g/mol. The average Bonchev–Trinajstić information content (AvgIpc) is 2.29. The molecule has 0 amide bonds. The van der Waals surface area contributed by atoms with E-state index in [0.717, 1.165) is 13.5 Å². The number of hydrogen-bond donors (Lipinski definition) is 1. The molecule has 19 heavy (non-hydrogen) atoms. The lowest BCUT2D eigenvalue weighted by molar-refractivity contribution is -0.189. The maximum absolute atomic E-state index is 12.5. The first-order chi connectivity index (χ1) is 8.80. The van der Waals surface area contributed by atoms with Gasteiger partial charge in [0.05, 0.1) is 6.20 Å². The van der Waals surface area contributed by atoms with Crippen LogP contribution >= 0.6 is 0 Å². The summed E-state index contributed by atoms with van der Waals surface area (Å²) in [7, 11) is 0. The summed E-state index contributed by atoms with van der Waals surface area (Å²) >= 11 is 0. The molecule has 0 bridgehead atoms. The third-order valence-corrected chi connectivity index (χ3v) is 2.50. The highest BCUT2D eigenvalue weighted by atomic mass is 19.4. The molecule has 0 aromatic carbocycles. The minimum Gasteiger partial charge on any atom is -0.479 e. The van der Waals surface area contributed by atoms with Crippen LogP contribution in [0.15, 0.2) is 18.5 Å². The third-order valence-electron chi connectivity index (χ3n) is 2.50. The van der Waals surface area contributed by atoms with Crippen molar-refractivity contribution in [3.05, 3.63) is 24.0 Å². The van der Waals surface area contributed by atoms with Gasteiger partial charge in [-0.15, -0.1) is 0 Å². The highest BCUT2D eigenvalue weighted by Gasteiger charge is 2.38. The summed E-state index contributed by atoms with van der Waals surface area (Å²) in [6.07, 6.45) is -3.37. The van der Waals surface area contributed by atoms with E-state index in [1.807, 2.05) is 0 Å². The second-order valence-electron chi connectivity index (χ2n) is 4.81. The lowest BCUT2D eigenvalue weighted by Gasteiger charge is -2.19. The van der Waals surface area contributed by atoms with Crippen LogP contribution in [-0.4, -0.2) is 23.8 Å². The van der Waals surface area contributed by atoms with E-state index >= 15 is 0 Å². The number of aromatic nitrogens is 1. The molecule has 0 saturated heterocycles. The largest absolute Gasteiger partial charge is 0.479 e. The van der Waals surface area contributed by atoms with Crippen LogP contribution in [0.25, 0.3) is 0 Å². The Kier molecular flexibility index (Phi) is 5.60. The van der Waals surface area contributed by atoms with Crippen LogP contribution in [0.2, 0.25) is 0 Å². The van der Waals surface area contributed by atoms with E-state index in [-0.39, 0.29) is 5.75 Å². The van der Waals surface area contributed by atoms with Crippen LogP contribution < -0.4 is 10.1 Å². The molecule has 1 aromatic rings. The number of hydrogen-bond acceptors (Lipinski definition) is 3. The van der Waals surface area contributed by atoms with Crippen LogP contribution in [0.1, 0.15) is 26.3 Å². The van der Waals surface area contributed by atoms with Gasteiger partial charge in [-0.1, -0.05) is 13.8 Å².